The van der Waals surface area contributed by atoms with E-state index in [1.54, 1.807) is 24.5 Å². The SMILES string of the molecule is CC1(C(=O)N2CCC3(CC2)OCCO3)COC(c2nc(-c3ccc(F)cc3)c(-c3ccncc3)[nH]2)OC1. The Hall–Kier alpha value is -3.18. The molecule has 0 bridgehead atoms. The molecule has 3 saturated heterocycles. The van der Waals surface area contributed by atoms with Crippen LogP contribution in [0.2, 0.25) is 0 Å². The number of likely N-dealkylation sites (tertiary alicyclic amines) is 1. The summed E-state index contributed by atoms with van der Waals surface area (Å²) in [6.07, 6.45) is 3.95. The highest BCUT2D eigenvalue weighted by molar-refractivity contribution is 5.83. The molecule has 9 nitrogen and oxygen atoms in total. The van der Waals surface area contributed by atoms with Gasteiger partial charge in [-0.05, 0) is 43.3 Å². The first-order chi connectivity index (χ1) is 17.9. The largest absolute Gasteiger partial charge is 0.347 e. The summed E-state index contributed by atoms with van der Waals surface area (Å²) >= 11 is 0. The Kier molecular flexibility index (Phi) is 6.28. The molecular formula is C27H29FN4O5. The van der Waals surface area contributed by atoms with E-state index in [0.29, 0.717) is 50.7 Å². The van der Waals surface area contributed by atoms with Gasteiger partial charge >= 0.3 is 0 Å². The standard InChI is InChI=1S/C27H29FN4O5/c1-26(25(33)32-12-8-27(9-13-32)36-14-15-37-27)16-34-24(35-17-26)23-30-21(18-2-4-20(28)5-3-18)22(31-23)19-6-10-29-11-7-19/h2-7,10-11,24H,8-9,12-17H2,1H3,(H,30,31). The van der Waals surface area contributed by atoms with E-state index in [4.69, 9.17) is 23.9 Å². The number of ether oxygens (including phenoxy) is 4. The van der Waals surface area contributed by atoms with Gasteiger partial charge in [-0.2, -0.15) is 0 Å². The number of nitrogens with one attached hydrogen (secondary N) is 1. The fraction of sp³-hybridized carbons (Fsp3) is 0.444. The molecule has 1 aromatic carbocycles. The molecule has 10 heteroatoms. The van der Waals surface area contributed by atoms with Gasteiger partial charge in [-0.15, -0.1) is 0 Å². The third-order valence-corrected chi connectivity index (χ3v) is 7.28. The second kappa shape index (κ2) is 9.60. The molecule has 0 atom stereocenters. The summed E-state index contributed by atoms with van der Waals surface area (Å²) in [7, 11) is 0. The Morgan fingerprint density at radius 3 is 2.30 bits per heavy atom. The minimum absolute atomic E-state index is 0.00252. The third-order valence-electron chi connectivity index (χ3n) is 7.28. The molecule has 0 radical (unpaired) electrons. The lowest BCUT2D eigenvalue weighted by Crippen LogP contribution is -2.54. The highest BCUT2D eigenvalue weighted by atomic mass is 19.1. The molecule has 3 aliphatic heterocycles. The van der Waals surface area contributed by atoms with E-state index >= 15 is 0 Å². The van der Waals surface area contributed by atoms with Crippen molar-refractivity contribution in [3.05, 3.63) is 60.4 Å². The maximum atomic E-state index is 13.6. The first kappa shape index (κ1) is 24.2. The van der Waals surface area contributed by atoms with Crippen LogP contribution in [0.1, 0.15) is 31.9 Å². The first-order valence-electron chi connectivity index (χ1n) is 12.5. The van der Waals surface area contributed by atoms with E-state index in [1.165, 1.54) is 12.1 Å². The summed E-state index contributed by atoms with van der Waals surface area (Å²) in [5, 5.41) is 0. The van der Waals surface area contributed by atoms with Crippen molar-refractivity contribution in [3.8, 4) is 22.5 Å². The Morgan fingerprint density at radius 2 is 1.65 bits per heavy atom. The number of imidazole rings is 1. The lowest BCUT2D eigenvalue weighted by molar-refractivity contribution is -0.237. The number of hydrogen-bond donors (Lipinski definition) is 1. The van der Waals surface area contributed by atoms with Crippen LogP contribution in [0.15, 0.2) is 48.8 Å². The lowest BCUT2D eigenvalue weighted by atomic mass is 9.88. The molecule has 194 valence electrons. The third kappa shape index (κ3) is 4.66. The van der Waals surface area contributed by atoms with E-state index in [1.807, 2.05) is 24.0 Å². The Bertz CT molecular complexity index is 1240. The Balaban J connectivity index is 1.17. The summed E-state index contributed by atoms with van der Waals surface area (Å²) in [6, 6.07) is 9.90. The zero-order valence-electron chi connectivity index (χ0n) is 20.6. The number of hydrogen-bond acceptors (Lipinski definition) is 7. The fourth-order valence-electron chi connectivity index (χ4n) is 5.16. The number of carbonyl (C=O) groups is 1. The van der Waals surface area contributed by atoms with Gasteiger partial charge in [-0.25, -0.2) is 9.37 Å². The number of nitrogens with zero attached hydrogens (tertiary/aromatic N) is 3. The van der Waals surface area contributed by atoms with Gasteiger partial charge in [0.15, 0.2) is 11.6 Å². The van der Waals surface area contributed by atoms with Gasteiger partial charge in [-0.3, -0.25) is 9.78 Å². The number of carbonyl (C=O) groups excluding carboxylic acids is 1. The molecule has 0 unspecified atom stereocenters. The van der Waals surface area contributed by atoms with Gasteiger partial charge in [0, 0.05) is 49.5 Å². The quantitative estimate of drug-likeness (QED) is 0.574. The fourth-order valence-corrected chi connectivity index (χ4v) is 5.16. The number of amides is 1. The molecule has 5 heterocycles. The average molecular weight is 509 g/mol. The van der Waals surface area contributed by atoms with Gasteiger partial charge in [0.05, 0.1) is 43.2 Å². The lowest BCUT2D eigenvalue weighted by Gasteiger charge is -2.43. The first-order valence-corrected chi connectivity index (χ1v) is 12.5. The molecule has 3 fully saturated rings. The molecule has 37 heavy (non-hydrogen) atoms. The summed E-state index contributed by atoms with van der Waals surface area (Å²) in [4.78, 5) is 27.4. The number of piperidine rings is 1. The highest BCUT2D eigenvalue weighted by Crippen LogP contribution is 2.38. The molecule has 1 N–H and O–H groups in total. The zero-order chi connectivity index (χ0) is 25.5. The van der Waals surface area contributed by atoms with Crippen LogP contribution < -0.4 is 0 Å². The maximum Gasteiger partial charge on any atom is 0.233 e. The summed E-state index contributed by atoms with van der Waals surface area (Å²) in [5.41, 5.74) is 2.22. The van der Waals surface area contributed by atoms with Crippen molar-refractivity contribution in [2.24, 2.45) is 5.41 Å². The summed E-state index contributed by atoms with van der Waals surface area (Å²) in [5.74, 6) is -0.366. The molecule has 6 rings (SSSR count). The molecule has 3 aliphatic rings. The summed E-state index contributed by atoms with van der Waals surface area (Å²) in [6.45, 7) is 4.62. The maximum absolute atomic E-state index is 13.6. The van der Waals surface area contributed by atoms with E-state index < -0.39 is 17.5 Å². The Morgan fingerprint density at radius 1 is 1.00 bits per heavy atom. The van der Waals surface area contributed by atoms with Crippen LogP contribution in [-0.4, -0.2) is 71.1 Å². The molecule has 1 amide bonds. The molecule has 0 saturated carbocycles. The number of aromatic nitrogens is 3. The number of aromatic amines is 1. The van der Waals surface area contributed by atoms with Crippen LogP contribution in [0, 0.1) is 11.2 Å². The van der Waals surface area contributed by atoms with Crippen molar-refractivity contribution in [2.75, 3.05) is 39.5 Å². The minimum atomic E-state index is -0.807. The normalized spacial score (nSPS) is 25.5. The molecule has 3 aromatic rings. The predicted octanol–water partition coefficient (Wildman–Crippen LogP) is 3.70. The van der Waals surface area contributed by atoms with Crippen LogP contribution in [0.5, 0.6) is 0 Å². The minimum Gasteiger partial charge on any atom is -0.347 e. The van der Waals surface area contributed by atoms with Gasteiger partial charge in [-0.1, -0.05) is 0 Å². The Labute approximate surface area is 213 Å². The second-order valence-electron chi connectivity index (χ2n) is 10.0. The van der Waals surface area contributed by atoms with E-state index in [-0.39, 0.29) is 24.9 Å². The molecule has 0 aliphatic carbocycles. The van der Waals surface area contributed by atoms with Crippen LogP contribution in [-0.2, 0) is 23.7 Å². The van der Waals surface area contributed by atoms with Crippen molar-refractivity contribution in [1.82, 2.24) is 19.9 Å². The summed E-state index contributed by atoms with van der Waals surface area (Å²) < 4.78 is 37.2. The topological polar surface area (TPSA) is 98.8 Å². The van der Waals surface area contributed by atoms with Gasteiger partial charge in [0.25, 0.3) is 0 Å². The molecule has 2 aromatic heterocycles. The molecular weight excluding hydrogens is 479 g/mol. The van der Waals surface area contributed by atoms with E-state index in [9.17, 15) is 9.18 Å². The van der Waals surface area contributed by atoms with Crippen molar-refractivity contribution >= 4 is 5.91 Å². The van der Waals surface area contributed by atoms with Crippen LogP contribution >= 0.6 is 0 Å². The van der Waals surface area contributed by atoms with Gasteiger partial charge in [0.1, 0.15) is 5.82 Å². The average Bonchev–Trinajstić information content (AvgIpc) is 3.58. The number of halogens is 1. The highest BCUT2D eigenvalue weighted by Gasteiger charge is 2.46. The van der Waals surface area contributed by atoms with E-state index in [0.717, 1.165) is 16.8 Å². The van der Waals surface area contributed by atoms with Crippen molar-refractivity contribution in [1.29, 1.82) is 0 Å². The van der Waals surface area contributed by atoms with Crippen molar-refractivity contribution in [2.45, 2.75) is 31.8 Å². The van der Waals surface area contributed by atoms with Crippen molar-refractivity contribution in [3.63, 3.8) is 0 Å². The smallest absolute Gasteiger partial charge is 0.233 e. The van der Waals surface area contributed by atoms with Crippen molar-refractivity contribution < 1.29 is 28.1 Å². The van der Waals surface area contributed by atoms with Crippen LogP contribution in [0.3, 0.4) is 0 Å². The second-order valence-corrected chi connectivity index (χ2v) is 10.0. The number of benzene rings is 1. The van der Waals surface area contributed by atoms with Gasteiger partial charge in [0.2, 0.25) is 12.2 Å². The zero-order valence-corrected chi connectivity index (χ0v) is 20.6. The predicted molar refractivity (Wildman–Crippen MR) is 130 cm³/mol. The van der Waals surface area contributed by atoms with Gasteiger partial charge < -0.3 is 28.8 Å². The number of pyridine rings is 1. The number of H-pyrrole nitrogens is 1. The van der Waals surface area contributed by atoms with Crippen LogP contribution in [0.4, 0.5) is 4.39 Å². The number of rotatable bonds is 4. The van der Waals surface area contributed by atoms with E-state index in [2.05, 4.69) is 9.97 Å². The monoisotopic (exact) mass is 508 g/mol. The van der Waals surface area contributed by atoms with Crippen LogP contribution in [0.25, 0.3) is 22.5 Å². The molecule has 1 spiro atoms.